The zero-order valence-electron chi connectivity index (χ0n) is 15.7. The highest BCUT2D eigenvalue weighted by atomic mass is 16.5. The number of ether oxygens (including phenoxy) is 3. The molecular weight excluding hydrogens is 356 g/mol. The first-order chi connectivity index (χ1) is 13.6. The Labute approximate surface area is 163 Å². The number of ketones is 1. The predicted octanol–water partition coefficient (Wildman–Crippen LogP) is 4.41. The second kappa shape index (κ2) is 8.86. The minimum atomic E-state index is -0.602. The molecule has 0 atom stereocenters. The molecule has 0 fully saturated rings. The van der Waals surface area contributed by atoms with Crippen LogP contribution < -0.4 is 9.47 Å². The fraction of sp³-hybridized carbons (Fsp3) is 0.130. The molecule has 0 aliphatic rings. The van der Waals surface area contributed by atoms with E-state index in [1.807, 2.05) is 42.5 Å². The molecule has 28 heavy (non-hydrogen) atoms. The zero-order chi connectivity index (χ0) is 19.9. The summed E-state index contributed by atoms with van der Waals surface area (Å²) in [7, 11) is 2.99. The van der Waals surface area contributed by atoms with E-state index in [1.165, 1.54) is 20.3 Å². The minimum absolute atomic E-state index is 0.270. The number of hydrogen-bond donors (Lipinski definition) is 0. The highest BCUT2D eigenvalue weighted by Gasteiger charge is 2.14. The molecule has 3 aromatic carbocycles. The van der Waals surface area contributed by atoms with Gasteiger partial charge in [-0.1, -0.05) is 54.6 Å². The maximum atomic E-state index is 12.3. The van der Waals surface area contributed by atoms with Crippen molar-refractivity contribution in [3.63, 3.8) is 0 Å². The Balaban J connectivity index is 1.63. The van der Waals surface area contributed by atoms with Crippen molar-refractivity contribution in [3.05, 3.63) is 83.9 Å². The maximum Gasteiger partial charge on any atom is 0.338 e. The second-order valence-electron chi connectivity index (χ2n) is 6.01. The van der Waals surface area contributed by atoms with Crippen molar-refractivity contribution in [2.24, 2.45) is 0 Å². The van der Waals surface area contributed by atoms with Crippen LogP contribution in [0.4, 0.5) is 0 Å². The van der Waals surface area contributed by atoms with Gasteiger partial charge < -0.3 is 14.2 Å². The van der Waals surface area contributed by atoms with Gasteiger partial charge >= 0.3 is 5.97 Å². The van der Waals surface area contributed by atoms with Crippen molar-refractivity contribution < 1.29 is 23.8 Å². The van der Waals surface area contributed by atoms with E-state index in [4.69, 9.17) is 14.2 Å². The lowest BCUT2D eigenvalue weighted by molar-refractivity contribution is 0.0474. The molecule has 5 heteroatoms. The average molecular weight is 376 g/mol. The van der Waals surface area contributed by atoms with Crippen molar-refractivity contribution in [1.82, 2.24) is 0 Å². The number of rotatable bonds is 7. The molecule has 0 unspecified atom stereocenters. The number of benzene rings is 3. The fourth-order valence-electron chi connectivity index (χ4n) is 2.74. The number of carbonyl (C=O) groups is 2. The molecule has 0 radical (unpaired) electrons. The molecule has 0 heterocycles. The van der Waals surface area contributed by atoms with Crippen molar-refractivity contribution >= 4 is 11.8 Å². The molecule has 0 N–H and O–H groups in total. The largest absolute Gasteiger partial charge is 0.493 e. The van der Waals surface area contributed by atoms with E-state index in [-0.39, 0.29) is 18.0 Å². The van der Waals surface area contributed by atoms with E-state index >= 15 is 0 Å². The molecule has 3 aromatic rings. The lowest BCUT2D eigenvalue weighted by Crippen LogP contribution is -2.14. The van der Waals surface area contributed by atoms with Crippen LogP contribution in [-0.4, -0.2) is 32.6 Å². The van der Waals surface area contributed by atoms with Crippen LogP contribution in [0.5, 0.6) is 11.5 Å². The smallest absolute Gasteiger partial charge is 0.338 e. The first-order valence-corrected chi connectivity index (χ1v) is 8.70. The summed E-state index contributed by atoms with van der Waals surface area (Å²) in [6.45, 7) is -0.335. The molecule has 0 saturated heterocycles. The fourth-order valence-corrected chi connectivity index (χ4v) is 2.74. The Morgan fingerprint density at radius 1 is 0.714 bits per heavy atom. The molecule has 0 aromatic heterocycles. The predicted molar refractivity (Wildman–Crippen MR) is 106 cm³/mol. The van der Waals surface area contributed by atoms with Gasteiger partial charge in [-0.25, -0.2) is 4.79 Å². The van der Waals surface area contributed by atoms with E-state index in [1.54, 1.807) is 24.3 Å². The molecule has 0 spiro atoms. The second-order valence-corrected chi connectivity index (χ2v) is 6.01. The summed E-state index contributed by atoms with van der Waals surface area (Å²) in [5.74, 6) is 0.0528. The molecule has 0 aliphatic heterocycles. The number of esters is 1. The van der Waals surface area contributed by atoms with E-state index in [0.717, 1.165) is 11.1 Å². The molecule has 5 nitrogen and oxygen atoms in total. The van der Waals surface area contributed by atoms with Gasteiger partial charge in [0, 0.05) is 5.56 Å². The average Bonchev–Trinajstić information content (AvgIpc) is 2.77. The standard InChI is InChI=1S/C23H20O5/c1-26-21-13-12-19(14-22(21)27-2)23(25)28-15-20(24)18-10-8-17(9-11-18)16-6-4-3-5-7-16/h3-14H,15H2,1-2H3. The van der Waals surface area contributed by atoms with Crippen molar-refractivity contribution in [1.29, 1.82) is 0 Å². The van der Waals surface area contributed by atoms with Gasteiger partial charge in [-0.15, -0.1) is 0 Å². The topological polar surface area (TPSA) is 61.8 Å². The van der Waals surface area contributed by atoms with Crippen LogP contribution in [0.1, 0.15) is 20.7 Å². The quantitative estimate of drug-likeness (QED) is 0.451. The van der Waals surface area contributed by atoms with Crippen LogP contribution >= 0.6 is 0 Å². The normalized spacial score (nSPS) is 10.2. The Morgan fingerprint density at radius 3 is 1.96 bits per heavy atom. The third kappa shape index (κ3) is 4.38. The molecule has 0 saturated carbocycles. The van der Waals surface area contributed by atoms with Gasteiger partial charge in [0.15, 0.2) is 23.9 Å². The summed E-state index contributed by atoms with van der Waals surface area (Å²) in [4.78, 5) is 24.5. The van der Waals surface area contributed by atoms with Gasteiger partial charge in [0.05, 0.1) is 19.8 Å². The van der Waals surface area contributed by atoms with Gasteiger partial charge in [-0.05, 0) is 29.3 Å². The van der Waals surface area contributed by atoms with Gasteiger partial charge in [-0.3, -0.25) is 4.79 Å². The van der Waals surface area contributed by atoms with Gasteiger partial charge in [0.25, 0.3) is 0 Å². The summed E-state index contributed by atoms with van der Waals surface area (Å²) in [6, 6.07) is 21.8. The number of Topliss-reactive ketones (excluding diaryl/α,β-unsaturated/α-hetero) is 1. The van der Waals surface area contributed by atoms with Crippen LogP contribution in [-0.2, 0) is 4.74 Å². The molecule has 0 bridgehead atoms. The monoisotopic (exact) mass is 376 g/mol. The summed E-state index contributed by atoms with van der Waals surface area (Å²) in [6.07, 6.45) is 0. The molecule has 3 rings (SSSR count). The third-order valence-electron chi connectivity index (χ3n) is 4.27. The maximum absolute atomic E-state index is 12.3. The van der Waals surface area contributed by atoms with Crippen molar-refractivity contribution in [3.8, 4) is 22.6 Å². The highest BCUT2D eigenvalue weighted by molar-refractivity contribution is 5.99. The first-order valence-electron chi connectivity index (χ1n) is 8.70. The summed E-state index contributed by atoms with van der Waals surface area (Å²) >= 11 is 0. The molecular formula is C23H20O5. The Kier molecular flexibility index (Phi) is 6.07. The zero-order valence-corrected chi connectivity index (χ0v) is 15.7. The Bertz CT molecular complexity index is 962. The molecule has 0 aliphatic carbocycles. The van der Waals surface area contributed by atoms with Crippen LogP contribution in [0.3, 0.4) is 0 Å². The lowest BCUT2D eigenvalue weighted by Gasteiger charge is -2.09. The molecule has 0 amide bonds. The number of methoxy groups -OCH3 is 2. The van der Waals surface area contributed by atoms with E-state index < -0.39 is 5.97 Å². The van der Waals surface area contributed by atoms with Crippen molar-refractivity contribution in [2.75, 3.05) is 20.8 Å². The summed E-state index contributed by atoms with van der Waals surface area (Å²) in [5, 5.41) is 0. The Morgan fingerprint density at radius 2 is 1.32 bits per heavy atom. The van der Waals surface area contributed by atoms with Crippen molar-refractivity contribution in [2.45, 2.75) is 0 Å². The third-order valence-corrected chi connectivity index (χ3v) is 4.27. The minimum Gasteiger partial charge on any atom is -0.493 e. The highest BCUT2D eigenvalue weighted by Crippen LogP contribution is 2.27. The molecule has 142 valence electrons. The van der Waals surface area contributed by atoms with Gasteiger partial charge in [0.1, 0.15) is 0 Å². The SMILES string of the molecule is COc1ccc(C(=O)OCC(=O)c2ccc(-c3ccccc3)cc2)cc1OC. The number of hydrogen-bond acceptors (Lipinski definition) is 5. The first kappa shape index (κ1) is 19.2. The Hall–Kier alpha value is -3.60. The van der Waals surface area contributed by atoms with E-state index in [9.17, 15) is 9.59 Å². The number of carbonyl (C=O) groups excluding carboxylic acids is 2. The lowest BCUT2D eigenvalue weighted by atomic mass is 10.0. The van der Waals surface area contributed by atoms with Crippen LogP contribution in [0.2, 0.25) is 0 Å². The van der Waals surface area contributed by atoms with E-state index in [0.29, 0.717) is 17.1 Å². The van der Waals surface area contributed by atoms with Crippen LogP contribution in [0, 0.1) is 0 Å². The van der Waals surface area contributed by atoms with Gasteiger partial charge in [-0.2, -0.15) is 0 Å². The summed E-state index contributed by atoms with van der Waals surface area (Å²) in [5.41, 5.74) is 2.85. The summed E-state index contributed by atoms with van der Waals surface area (Å²) < 4.78 is 15.5. The van der Waals surface area contributed by atoms with E-state index in [2.05, 4.69) is 0 Å². The van der Waals surface area contributed by atoms with Gasteiger partial charge in [0.2, 0.25) is 0 Å². The van der Waals surface area contributed by atoms with Crippen LogP contribution in [0.15, 0.2) is 72.8 Å². The van der Waals surface area contributed by atoms with Crippen LogP contribution in [0.25, 0.3) is 11.1 Å².